The molecule has 0 N–H and O–H groups in total. The fourth-order valence-corrected chi connectivity index (χ4v) is 5.80. The molecule has 0 fully saturated rings. The fraction of sp³-hybridized carbons (Fsp3) is 0. The van der Waals surface area contributed by atoms with Gasteiger partial charge >= 0.3 is 0 Å². The number of aromatic nitrogens is 2. The Hall–Kier alpha value is -5.48. The van der Waals surface area contributed by atoms with Gasteiger partial charge in [0.15, 0.2) is 0 Å². The van der Waals surface area contributed by atoms with Crippen molar-refractivity contribution in [2.24, 2.45) is 0 Å². The molecule has 0 aliphatic rings. The number of rotatable bonds is 4. The summed E-state index contributed by atoms with van der Waals surface area (Å²) in [5.74, 6) is 1.24. The molecule has 0 saturated heterocycles. The molecule has 0 bridgehead atoms. The zero-order valence-electron chi connectivity index (χ0n) is 21.4. The van der Waals surface area contributed by atoms with Crippen LogP contribution in [0.2, 0.25) is 0 Å². The molecule has 8 aromatic rings. The van der Waals surface area contributed by atoms with E-state index in [9.17, 15) is 0 Å². The summed E-state index contributed by atoms with van der Waals surface area (Å²) < 4.78 is 11.2. The van der Waals surface area contributed by atoms with Gasteiger partial charge in [-0.1, -0.05) is 72.8 Å². The van der Waals surface area contributed by atoms with Crippen molar-refractivity contribution >= 4 is 32.3 Å². The lowest BCUT2D eigenvalue weighted by molar-refractivity contribution is 0.574. The van der Waals surface area contributed by atoms with E-state index >= 15 is 0 Å². The molecular formula is C36H22N2O2. The van der Waals surface area contributed by atoms with Crippen molar-refractivity contribution in [3.05, 3.63) is 134 Å². The average Bonchev–Trinajstić information content (AvgIpc) is 3.76. The van der Waals surface area contributed by atoms with E-state index in [0.717, 1.165) is 22.3 Å². The van der Waals surface area contributed by atoms with Gasteiger partial charge in [-0.25, -0.2) is 9.97 Å². The van der Waals surface area contributed by atoms with Gasteiger partial charge in [0.25, 0.3) is 0 Å². The van der Waals surface area contributed by atoms with Crippen molar-refractivity contribution in [1.29, 1.82) is 0 Å². The van der Waals surface area contributed by atoms with Crippen LogP contribution >= 0.6 is 0 Å². The number of nitrogens with zero attached hydrogens (tertiary/aromatic N) is 2. The predicted octanol–water partition coefficient (Wildman–Crippen LogP) is 9.79. The predicted molar refractivity (Wildman–Crippen MR) is 161 cm³/mol. The number of benzene rings is 6. The van der Waals surface area contributed by atoms with Crippen molar-refractivity contribution in [1.82, 2.24) is 9.97 Å². The van der Waals surface area contributed by atoms with Crippen LogP contribution in [0.3, 0.4) is 0 Å². The van der Waals surface area contributed by atoms with Crippen molar-refractivity contribution in [2.75, 3.05) is 0 Å². The molecule has 8 rings (SSSR count). The van der Waals surface area contributed by atoms with Crippen LogP contribution in [-0.4, -0.2) is 9.97 Å². The summed E-state index contributed by atoms with van der Waals surface area (Å²) in [6.45, 7) is 0. The molecule has 2 heterocycles. The van der Waals surface area contributed by atoms with Crippen LogP contribution < -0.4 is 0 Å². The van der Waals surface area contributed by atoms with Gasteiger partial charge in [0, 0.05) is 11.1 Å². The van der Waals surface area contributed by atoms with Crippen LogP contribution in [0.4, 0.5) is 0 Å². The van der Waals surface area contributed by atoms with Crippen LogP contribution in [0.25, 0.3) is 77.5 Å². The summed E-state index contributed by atoms with van der Waals surface area (Å²) in [4.78, 5) is 8.72. The fourth-order valence-electron chi connectivity index (χ4n) is 5.80. The van der Waals surface area contributed by atoms with Gasteiger partial charge in [0.05, 0.1) is 12.4 Å². The second-order valence-corrected chi connectivity index (χ2v) is 9.87. The molecule has 0 saturated carbocycles. The topological polar surface area (TPSA) is 52.1 Å². The Morgan fingerprint density at radius 2 is 0.800 bits per heavy atom. The Bertz CT molecular complexity index is 2000. The van der Waals surface area contributed by atoms with Crippen LogP contribution in [0.1, 0.15) is 0 Å². The van der Waals surface area contributed by atoms with Crippen LogP contribution in [0.15, 0.2) is 143 Å². The smallest absolute Gasteiger partial charge is 0.225 e. The van der Waals surface area contributed by atoms with Gasteiger partial charge in [-0.05, 0) is 91.0 Å². The largest absolute Gasteiger partial charge is 0.445 e. The van der Waals surface area contributed by atoms with Gasteiger partial charge in [-0.2, -0.15) is 0 Å². The van der Waals surface area contributed by atoms with Crippen LogP contribution in [0, 0.1) is 0 Å². The molecule has 0 amide bonds. The molecule has 0 aliphatic heterocycles. The Kier molecular flexibility index (Phi) is 5.10. The lowest BCUT2D eigenvalue weighted by atomic mass is 9.87. The molecule has 0 radical (unpaired) electrons. The van der Waals surface area contributed by atoms with Crippen molar-refractivity contribution in [2.45, 2.75) is 0 Å². The summed E-state index contributed by atoms with van der Waals surface area (Å²) in [6.07, 6.45) is 6.58. The van der Waals surface area contributed by atoms with Crippen molar-refractivity contribution in [3.63, 3.8) is 0 Å². The molecular weight excluding hydrogens is 492 g/mol. The first-order valence-corrected chi connectivity index (χ1v) is 13.2. The third-order valence-corrected chi connectivity index (χ3v) is 7.59. The third kappa shape index (κ3) is 3.62. The molecule has 2 aromatic heterocycles. The number of fused-ring (bicyclic) bond motifs is 5. The monoisotopic (exact) mass is 514 g/mol. The minimum absolute atomic E-state index is 0.619. The molecule has 40 heavy (non-hydrogen) atoms. The molecule has 0 spiro atoms. The molecule has 0 unspecified atom stereocenters. The van der Waals surface area contributed by atoms with E-state index in [2.05, 4.69) is 107 Å². The second-order valence-electron chi connectivity index (χ2n) is 9.87. The average molecular weight is 515 g/mol. The maximum Gasteiger partial charge on any atom is 0.225 e. The van der Waals surface area contributed by atoms with E-state index in [4.69, 9.17) is 8.83 Å². The van der Waals surface area contributed by atoms with Gasteiger partial charge < -0.3 is 8.83 Å². The zero-order valence-corrected chi connectivity index (χ0v) is 21.4. The standard InChI is InChI=1S/C36H22N2O2/c1-3-13-29-27(11-1)31(23-7-5-9-25(19-23)35-37-15-17-39-35)21-34-30-14-4-2-12-28(30)32(22-33(29)34)24-8-6-10-26(20-24)36-38-16-18-40-36/h1-22H. The third-order valence-electron chi connectivity index (χ3n) is 7.59. The summed E-state index contributed by atoms with van der Waals surface area (Å²) in [5, 5.41) is 7.28. The normalized spacial score (nSPS) is 11.5. The Morgan fingerprint density at radius 1 is 0.375 bits per heavy atom. The quantitative estimate of drug-likeness (QED) is 0.219. The van der Waals surface area contributed by atoms with Crippen LogP contribution in [-0.2, 0) is 0 Å². The van der Waals surface area contributed by atoms with E-state index in [1.807, 2.05) is 12.1 Å². The number of hydrogen-bond acceptors (Lipinski definition) is 4. The Labute approximate surface area is 230 Å². The minimum Gasteiger partial charge on any atom is -0.445 e. The molecule has 4 nitrogen and oxygen atoms in total. The molecule has 6 aromatic carbocycles. The SMILES string of the molecule is c1cc(-c2ncco2)cc(-c2cc3c4ccccc4c(-c4cccc(-c5ncco5)c4)cc3c3ccccc23)c1. The van der Waals surface area contributed by atoms with Crippen molar-refractivity contribution < 1.29 is 8.83 Å². The summed E-state index contributed by atoms with van der Waals surface area (Å²) in [7, 11) is 0. The summed E-state index contributed by atoms with van der Waals surface area (Å²) >= 11 is 0. The molecule has 0 atom stereocenters. The summed E-state index contributed by atoms with van der Waals surface area (Å²) in [6, 6.07) is 38.8. The zero-order chi connectivity index (χ0) is 26.5. The first-order chi connectivity index (χ1) is 19.8. The van der Waals surface area contributed by atoms with E-state index < -0.39 is 0 Å². The minimum atomic E-state index is 0.619. The van der Waals surface area contributed by atoms with E-state index in [1.54, 1.807) is 24.9 Å². The number of hydrogen-bond donors (Lipinski definition) is 0. The highest BCUT2D eigenvalue weighted by Crippen LogP contribution is 2.42. The van der Waals surface area contributed by atoms with Gasteiger partial charge in [0.1, 0.15) is 12.5 Å². The van der Waals surface area contributed by atoms with Crippen LogP contribution in [0.5, 0.6) is 0 Å². The maximum absolute atomic E-state index is 5.59. The highest BCUT2D eigenvalue weighted by molar-refractivity contribution is 6.23. The van der Waals surface area contributed by atoms with Crippen molar-refractivity contribution in [3.8, 4) is 45.2 Å². The van der Waals surface area contributed by atoms with E-state index in [0.29, 0.717) is 11.8 Å². The lowest BCUT2D eigenvalue weighted by Gasteiger charge is -2.16. The first kappa shape index (κ1) is 22.5. The van der Waals surface area contributed by atoms with E-state index in [1.165, 1.54) is 43.4 Å². The highest BCUT2D eigenvalue weighted by atomic mass is 16.3. The Morgan fingerprint density at radius 3 is 1.23 bits per heavy atom. The second kappa shape index (κ2) is 9.07. The van der Waals surface area contributed by atoms with Gasteiger partial charge in [-0.15, -0.1) is 0 Å². The van der Waals surface area contributed by atoms with Gasteiger partial charge in [0.2, 0.25) is 11.8 Å². The lowest BCUT2D eigenvalue weighted by Crippen LogP contribution is -1.90. The maximum atomic E-state index is 5.59. The first-order valence-electron chi connectivity index (χ1n) is 13.2. The van der Waals surface area contributed by atoms with Gasteiger partial charge in [-0.3, -0.25) is 0 Å². The molecule has 4 heteroatoms. The highest BCUT2D eigenvalue weighted by Gasteiger charge is 2.16. The Balaban J connectivity index is 1.42. The number of oxazole rings is 2. The molecule has 0 aliphatic carbocycles. The summed E-state index contributed by atoms with van der Waals surface area (Å²) in [5.41, 5.74) is 6.53. The van der Waals surface area contributed by atoms with E-state index in [-0.39, 0.29) is 0 Å². The molecule has 188 valence electrons.